The molecule has 84 valence electrons. The number of phenolic OH excluding ortho intramolecular Hbond substituents is 1. The van der Waals surface area contributed by atoms with E-state index in [9.17, 15) is 0 Å². The number of benzene rings is 1. The Morgan fingerprint density at radius 3 is 2.33 bits per heavy atom. The van der Waals surface area contributed by atoms with Crippen molar-refractivity contribution in [1.29, 1.82) is 0 Å². The molecular formula is C13H21NO. The van der Waals surface area contributed by atoms with Crippen LogP contribution in [0.4, 0.5) is 0 Å². The zero-order chi connectivity index (χ0) is 11.3. The van der Waals surface area contributed by atoms with Crippen LogP contribution in [0.2, 0.25) is 0 Å². The molecule has 0 aliphatic heterocycles. The third-order valence-corrected chi connectivity index (χ3v) is 2.80. The number of rotatable bonds is 5. The van der Waals surface area contributed by atoms with Crippen LogP contribution in [0.1, 0.15) is 32.3 Å². The third-order valence-electron chi connectivity index (χ3n) is 2.80. The summed E-state index contributed by atoms with van der Waals surface area (Å²) < 4.78 is 0. The van der Waals surface area contributed by atoms with Gasteiger partial charge < -0.3 is 10.8 Å². The van der Waals surface area contributed by atoms with Crippen molar-refractivity contribution in [3.05, 3.63) is 29.8 Å². The molecular weight excluding hydrogens is 186 g/mol. The second-order valence-electron chi connectivity index (χ2n) is 4.47. The summed E-state index contributed by atoms with van der Waals surface area (Å²) in [5, 5.41) is 9.12. The number of hydrogen-bond donors (Lipinski definition) is 2. The molecule has 1 atom stereocenters. The molecule has 2 nitrogen and oxygen atoms in total. The summed E-state index contributed by atoms with van der Waals surface area (Å²) in [7, 11) is 0. The summed E-state index contributed by atoms with van der Waals surface area (Å²) in [4.78, 5) is 0. The summed E-state index contributed by atoms with van der Waals surface area (Å²) >= 11 is 0. The average Bonchev–Trinajstić information content (AvgIpc) is 2.20. The molecule has 1 aromatic carbocycles. The largest absolute Gasteiger partial charge is 0.508 e. The summed E-state index contributed by atoms with van der Waals surface area (Å²) in [5.74, 6) is 0.891. The lowest BCUT2D eigenvalue weighted by Crippen LogP contribution is -2.26. The Balaban J connectivity index is 2.29. The Morgan fingerprint density at radius 1 is 1.20 bits per heavy atom. The standard InChI is InChI=1S/C13H21NO/c1-10(2)13(14)5-3-4-11-6-8-12(15)9-7-11/h6-10,13,15H,3-5,14H2,1-2H3. The highest BCUT2D eigenvalue weighted by Crippen LogP contribution is 2.13. The maximum Gasteiger partial charge on any atom is 0.115 e. The van der Waals surface area contributed by atoms with Crippen molar-refractivity contribution in [2.75, 3.05) is 0 Å². The van der Waals surface area contributed by atoms with Crippen LogP contribution in [0.15, 0.2) is 24.3 Å². The molecule has 1 aromatic rings. The molecule has 0 spiro atoms. The Bertz CT molecular complexity index is 279. The second-order valence-corrected chi connectivity index (χ2v) is 4.47. The number of aromatic hydroxyl groups is 1. The molecule has 0 heterocycles. The van der Waals surface area contributed by atoms with E-state index in [0.717, 1.165) is 19.3 Å². The van der Waals surface area contributed by atoms with Gasteiger partial charge in [-0.3, -0.25) is 0 Å². The average molecular weight is 207 g/mol. The van der Waals surface area contributed by atoms with Gasteiger partial charge in [0.15, 0.2) is 0 Å². The smallest absolute Gasteiger partial charge is 0.115 e. The highest BCUT2D eigenvalue weighted by atomic mass is 16.3. The maximum atomic E-state index is 9.12. The first kappa shape index (κ1) is 12.1. The highest BCUT2D eigenvalue weighted by Gasteiger charge is 2.06. The van der Waals surface area contributed by atoms with Crippen molar-refractivity contribution in [2.45, 2.75) is 39.2 Å². The molecule has 0 saturated heterocycles. The van der Waals surface area contributed by atoms with E-state index >= 15 is 0 Å². The molecule has 0 saturated carbocycles. The first-order valence-electron chi connectivity index (χ1n) is 5.63. The fraction of sp³-hybridized carbons (Fsp3) is 0.538. The number of hydrogen-bond acceptors (Lipinski definition) is 2. The van der Waals surface area contributed by atoms with Crippen molar-refractivity contribution in [2.24, 2.45) is 11.7 Å². The van der Waals surface area contributed by atoms with E-state index in [1.54, 1.807) is 12.1 Å². The van der Waals surface area contributed by atoms with E-state index < -0.39 is 0 Å². The summed E-state index contributed by atoms with van der Waals surface area (Å²) in [5.41, 5.74) is 7.23. The molecule has 3 N–H and O–H groups in total. The van der Waals surface area contributed by atoms with E-state index in [-0.39, 0.29) is 0 Å². The van der Waals surface area contributed by atoms with Crippen LogP contribution in [-0.4, -0.2) is 11.1 Å². The normalized spacial score (nSPS) is 13.1. The van der Waals surface area contributed by atoms with E-state index in [2.05, 4.69) is 13.8 Å². The monoisotopic (exact) mass is 207 g/mol. The number of nitrogens with two attached hydrogens (primary N) is 1. The first-order valence-corrected chi connectivity index (χ1v) is 5.63. The predicted octanol–water partition coefficient (Wildman–Crippen LogP) is 2.70. The second kappa shape index (κ2) is 5.76. The van der Waals surface area contributed by atoms with Gasteiger partial charge in [-0.15, -0.1) is 0 Å². The van der Waals surface area contributed by atoms with Gasteiger partial charge in [0, 0.05) is 6.04 Å². The van der Waals surface area contributed by atoms with E-state index in [0.29, 0.717) is 17.7 Å². The molecule has 0 aromatic heterocycles. The highest BCUT2D eigenvalue weighted by molar-refractivity contribution is 5.25. The van der Waals surface area contributed by atoms with Crippen LogP contribution < -0.4 is 5.73 Å². The third kappa shape index (κ3) is 4.34. The van der Waals surface area contributed by atoms with E-state index in [4.69, 9.17) is 10.8 Å². The van der Waals surface area contributed by atoms with Gasteiger partial charge in [0.1, 0.15) is 5.75 Å². The molecule has 0 aliphatic rings. The van der Waals surface area contributed by atoms with Gasteiger partial charge in [0.05, 0.1) is 0 Å². The quantitative estimate of drug-likeness (QED) is 0.779. The molecule has 0 bridgehead atoms. The molecule has 1 rings (SSSR count). The number of phenols is 1. The fourth-order valence-corrected chi connectivity index (χ4v) is 1.54. The van der Waals surface area contributed by atoms with Crippen LogP contribution >= 0.6 is 0 Å². The van der Waals surface area contributed by atoms with Gasteiger partial charge in [-0.05, 0) is 42.9 Å². The van der Waals surface area contributed by atoms with Crippen LogP contribution in [0.5, 0.6) is 5.75 Å². The minimum absolute atomic E-state index is 0.308. The van der Waals surface area contributed by atoms with Crippen molar-refractivity contribution in [3.63, 3.8) is 0 Å². The molecule has 2 heteroatoms. The fourth-order valence-electron chi connectivity index (χ4n) is 1.54. The molecule has 0 fully saturated rings. The Morgan fingerprint density at radius 2 is 1.80 bits per heavy atom. The van der Waals surface area contributed by atoms with Crippen molar-refractivity contribution in [3.8, 4) is 5.75 Å². The lowest BCUT2D eigenvalue weighted by molar-refractivity contribution is 0.452. The van der Waals surface area contributed by atoms with E-state index in [1.807, 2.05) is 12.1 Å². The SMILES string of the molecule is CC(C)C(N)CCCc1ccc(O)cc1. The topological polar surface area (TPSA) is 46.2 Å². The van der Waals surface area contributed by atoms with Gasteiger partial charge in [-0.25, -0.2) is 0 Å². The lowest BCUT2D eigenvalue weighted by Gasteiger charge is -2.14. The van der Waals surface area contributed by atoms with Crippen molar-refractivity contribution in [1.82, 2.24) is 0 Å². The van der Waals surface area contributed by atoms with Crippen molar-refractivity contribution >= 4 is 0 Å². The Labute approximate surface area is 92.1 Å². The predicted molar refractivity (Wildman–Crippen MR) is 63.9 cm³/mol. The Kier molecular flexibility index (Phi) is 4.63. The molecule has 0 aliphatic carbocycles. The zero-order valence-corrected chi connectivity index (χ0v) is 9.61. The Hall–Kier alpha value is -1.02. The van der Waals surface area contributed by atoms with E-state index in [1.165, 1.54) is 5.56 Å². The number of aryl methyl sites for hydroxylation is 1. The lowest BCUT2D eigenvalue weighted by atomic mass is 9.98. The maximum absolute atomic E-state index is 9.12. The van der Waals surface area contributed by atoms with Gasteiger partial charge in [0.2, 0.25) is 0 Å². The van der Waals surface area contributed by atoms with Crippen LogP contribution in [0.3, 0.4) is 0 Å². The summed E-state index contributed by atoms with van der Waals surface area (Å²) in [6.45, 7) is 4.32. The minimum Gasteiger partial charge on any atom is -0.508 e. The van der Waals surface area contributed by atoms with Gasteiger partial charge in [0.25, 0.3) is 0 Å². The zero-order valence-electron chi connectivity index (χ0n) is 9.61. The van der Waals surface area contributed by atoms with Crippen LogP contribution in [0.25, 0.3) is 0 Å². The minimum atomic E-state index is 0.308. The van der Waals surface area contributed by atoms with Crippen molar-refractivity contribution < 1.29 is 5.11 Å². The summed E-state index contributed by atoms with van der Waals surface area (Å²) in [6.07, 6.45) is 3.23. The van der Waals surface area contributed by atoms with Gasteiger partial charge >= 0.3 is 0 Å². The van der Waals surface area contributed by atoms with Crippen LogP contribution in [-0.2, 0) is 6.42 Å². The first-order chi connectivity index (χ1) is 7.09. The molecule has 1 unspecified atom stereocenters. The molecule has 15 heavy (non-hydrogen) atoms. The van der Waals surface area contributed by atoms with Crippen LogP contribution in [0, 0.1) is 5.92 Å². The molecule has 0 amide bonds. The summed E-state index contributed by atoms with van der Waals surface area (Å²) in [6, 6.07) is 7.71. The van der Waals surface area contributed by atoms with Gasteiger partial charge in [-0.2, -0.15) is 0 Å². The molecule has 0 radical (unpaired) electrons. The van der Waals surface area contributed by atoms with Gasteiger partial charge in [-0.1, -0.05) is 26.0 Å².